The molecule has 0 amide bonds. The number of fused-ring (bicyclic) bond motifs is 1. The predicted molar refractivity (Wildman–Crippen MR) is 68.6 cm³/mol. The number of hydrogen-bond donors (Lipinski definition) is 0. The average molecular weight is 304 g/mol. The molecule has 1 heteroatoms. The quantitative estimate of drug-likeness (QED) is 0.505. The summed E-state index contributed by atoms with van der Waals surface area (Å²) >= 11 is 2.77. The standard InChI is InChI=1S/C13H21I/c1-7-4-5-9(7)10-6-13(3)8(2)11(13)12(10)14/h7-12H,4-6H2,1-3H3. The molecule has 3 fully saturated rings. The molecule has 0 saturated heterocycles. The molecule has 3 aliphatic carbocycles. The van der Waals surface area contributed by atoms with E-state index in [1.54, 1.807) is 6.42 Å². The lowest BCUT2D eigenvalue weighted by atomic mass is 9.66. The summed E-state index contributed by atoms with van der Waals surface area (Å²) in [4.78, 5) is 0. The molecule has 3 rings (SSSR count). The number of alkyl halides is 1. The Balaban J connectivity index is 1.74. The molecule has 7 atom stereocenters. The first kappa shape index (κ1) is 9.92. The average Bonchev–Trinajstić information content (AvgIpc) is 2.51. The van der Waals surface area contributed by atoms with Gasteiger partial charge in [0.15, 0.2) is 0 Å². The fraction of sp³-hybridized carbons (Fsp3) is 1.00. The van der Waals surface area contributed by atoms with Gasteiger partial charge in [0.1, 0.15) is 0 Å². The Hall–Kier alpha value is 0.730. The predicted octanol–water partition coefficient (Wildman–Crippen LogP) is 4.13. The van der Waals surface area contributed by atoms with E-state index in [-0.39, 0.29) is 0 Å². The van der Waals surface area contributed by atoms with Gasteiger partial charge in [-0.2, -0.15) is 0 Å². The summed E-state index contributed by atoms with van der Waals surface area (Å²) in [6.07, 6.45) is 4.57. The SMILES string of the molecule is CC1CCC1C1CC2(C)C(C)C2C1I. The molecule has 0 aromatic heterocycles. The monoisotopic (exact) mass is 304 g/mol. The molecule has 0 radical (unpaired) electrons. The topological polar surface area (TPSA) is 0 Å². The van der Waals surface area contributed by atoms with Crippen LogP contribution in [0.4, 0.5) is 0 Å². The molecule has 0 spiro atoms. The Morgan fingerprint density at radius 2 is 1.86 bits per heavy atom. The Labute approximate surface area is 101 Å². The van der Waals surface area contributed by atoms with Crippen LogP contribution in [0.15, 0.2) is 0 Å². The van der Waals surface area contributed by atoms with Crippen molar-refractivity contribution in [2.24, 2.45) is 35.0 Å². The van der Waals surface area contributed by atoms with Crippen LogP contribution >= 0.6 is 22.6 Å². The third-order valence-electron chi connectivity index (χ3n) is 5.90. The Morgan fingerprint density at radius 1 is 1.14 bits per heavy atom. The molecule has 7 unspecified atom stereocenters. The first-order chi connectivity index (χ1) is 6.55. The van der Waals surface area contributed by atoms with E-state index < -0.39 is 0 Å². The van der Waals surface area contributed by atoms with Gasteiger partial charge in [0.2, 0.25) is 0 Å². The largest absolute Gasteiger partial charge is 0.0820 e. The highest BCUT2D eigenvalue weighted by Crippen LogP contribution is 2.73. The molecular weight excluding hydrogens is 283 g/mol. The minimum atomic E-state index is 0.756. The Morgan fingerprint density at radius 3 is 2.21 bits per heavy atom. The minimum absolute atomic E-state index is 0.756. The molecule has 3 aliphatic rings. The molecule has 0 N–H and O–H groups in total. The highest BCUT2D eigenvalue weighted by atomic mass is 127. The maximum Gasteiger partial charge on any atom is 0.0177 e. The molecule has 80 valence electrons. The van der Waals surface area contributed by atoms with E-state index in [1.807, 2.05) is 0 Å². The second kappa shape index (κ2) is 2.89. The smallest absolute Gasteiger partial charge is 0.0177 e. The van der Waals surface area contributed by atoms with Gasteiger partial charge in [-0.15, -0.1) is 0 Å². The van der Waals surface area contributed by atoms with Gasteiger partial charge in [-0.1, -0.05) is 49.8 Å². The summed E-state index contributed by atoms with van der Waals surface area (Å²) < 4.78 is 1.00. The van der Waals surface area contributed by atoms with Gasteiger partial charge in [0.05, 0.1) is 0 Å². The lowest BCUT2D eigenvalue weighted by molar-refractivity contribution is 0.111. The van der Waals surface area contributed by atoms with Gasteiger partial charge in [0, 0.05) is 3.92 Å². The number of hydrogen-bond acceptors (Lipinski definition) is 0. The molecule has 0 heterocycles. The maximum absolute atomic E-state index is 2.77. The molecule has 0 aliphatic heterocycles. The first-order valence-electron chi connectivity index (χ1n) is 6.20. The summed E-state index contributed by atoms with van der Waals surface area (Å²) in [5.41, 5.74) is 0.756. The molecule has 14 heavy (non-hydrogen) atoms. The summed E-state index contributed by atoms with van der Waals surface area (Å²) in [6.45, 7) is 7.47. The van der Waals surface area contributed by atoms with Gasteiger partial charge < -0.3 is 0 Å². The van der Waals surface area contributed by atoms with E-state index >= 15 is 0 Å². The van der Waals surface area contributed by atoms with Crippen molar-refractivity contribution in [3.63, 3.8) is 0 Å². The van der Waals surface area contributed by atoms with Crippen LogP contribution in [0.2, 0.25) is 0 Å². The Bertz CT molecular complexity index is 262. The second-order valence-electron chi connectivity index (χ2n) is 6.35. The van der Waals surface area contributed by atoms with Gasteiger partial charge >= 0.3 is 0 Å². The van der Waals surface area contributed by atoms with Crippen LogP contribution in [0.3, 0.4) is 0 Å². The second-order valence-corrected chi connectivity index (χ2v) is 7.79. The third-order valence-corrected chi connectivity index (χ3v) is 7.59. The van der Waals surface area contributed by atoms with Crippen molar-refractivity contribution < 1.29 is 0 Å². The number of rotatable bonds is 1. The minimum Gasteiger partial charge on any atom is -0.0820 e. The van der Waals surface area contributed by atoms with Crippen LogP contribution in [0.1, 0.15) is 40.0 Å². The van der Waals surface area contributed by atoms with Crippen LogP contribution in [-0.4, -0.2) is 3.92 Å². The van der Waals surface area contributed by atoms with E-state index in [1.165, 1.54) is 12.8 Å². The third kappa shape index (κ3) is 1.06. The van der Waals surface area contributed by atoms with Crippen molar-refractivity contribution >= 4 is 22.6 Å². The molecule has 3 saturated carbocycles. The van der Waals surface area contributed by atoms with Gasteiger partial charge in [-0.25, -0.2) is 0 Å². The van der Waals surface area contributed by atoms with Gasteiger partial charge in [0.25, 0.3) is 0 Å². The lowest BCUT2D eigenvalue weighted by Crippen LogP contribution is -2.34. The van der Waals surface area contributed by atoms with Crippen molar-refractivity contribution in [3.05, 3.63) is 0 Å². The lowest BCUT2D eigenvalue weighted by Gasteiger charge is -2.41. The normalized spacial score (nSPS) is 66.0. The molecule has 0 nitrogen and oxygen atoms in total. The number of halogens is 1. The Kier molecular flexibility index (Phi) is 2.05. The maximum atomic E-state index is 2.77. The van der Waals surface area contributed by atoms with Crippen molar-refractivity contribution in [1.82, 2.24) is 0 Å². The van der Waals surface area contributed by atoms with Crippen LogP contribution in [-0.2, 0) is 0 Å². The van der Waals surface area contributed by atoms with Crippen LogP contribution in [0.25, 0.3) is 0 Å². The van der Waals surface area contributed by atoms with Crippen molar-refractivity contribution in [1.29, 1.82) is 0 Å². The zero-order valence-corrected chi connectivity index (χ0v) is 11.6. The zero-order chi connectivity index (χ0) is 10.1. The van der Waals surface area contributed by atoms with E-state index in [0.29, 0.717) is 0 Å². The van der Waals surface area contributed by atoms with E-state index in [9.17, 15) is 0 Å². The van der Waals surface area contributed by atoms with Crippen LogP contribution in [0.5, 0.6) is 0 Å². The van der Waals surface area contributed by atoms with Crippen molar-refractivity contribution in [2.75, 3.05) is 0 Å². The molecular formula is C13H21I. The molecule has 0 aromatic carbocycles. The van der Waals surface area contributed by atoms with Gasteiger partial charge in [-0.05, 0) is 47.8 Å². The van der Waals surface area contributed by atoms with Crippen LogP contribution < -0.4 is 0 Å². The summed E-state index contributed by atoms with van der Waals surface area (Å²) in [7, 11) is 0. The first-order valence-corrected chi connectivity index (χ1v) is 7.44. The zero-order valence-electron chi connectivity index (χ0n) is 9.46. The fourth-order valence-electron chi connectivity index (χ4n) is 4.40. The van der Waals surface area contributed by atoms with E-state index in [4.69, 9.17) is 0 Å². The molecule has 0 aromatic rings. The van der Waals surface area contributed by atoms with Crippen molar-refractivity contribution in [2.45, 2.75) is 44.0 Å². The highest BCUT2D eigenvalue weighted by molar-refractivity contribution is 14.1. The van der Waals surface area contributed by atoms with E-state index in [0.717, 1.165) is 38.9 Å². The van der Waals surface area contributed by atoms with Crippen molar-refractivity contribution in [3.8, 4) is 0 Å². The van der Waals surface area contributed by atoms with Crippen LogP contribution in [0, 0.1) is 35.0 Å². The molecule has 0 bridgehead atoms. The summed E-state index contributed by atoms with van der Waals surface area (Å²) in [5, 5.41) is 0. The van der Waals surface area contributed by atoms with E-state index in [2.05, 4.69) is 43.4 Å². The summed E-state index contributed by atoms with van der Waals surface area (Å²) in [6, 6.07) is 0. The summed E-state index contributed by atoms with van der Waals surface area (Å²) in [5.74, 6) is 5.30. The van der Waals surface area contributed by atoms with Gasteiger partial charge in [-0.3, -0.25) is 0 Å². The highest BCUT2D eigenvalue weighted by Gasteiger charge is 2.68. The fourth-order valence-corrected chi connectivity index (χ4v) is 6.64.